The molecule has 0 aromatic rings. The highest BCUT2D eigenvalue weighted by atomic mass is 16.3. The Hall–Kier alpha value is -0.570. The first-order valence-electron chi connectivity index (χ1n) is 13.6. The molecule has 4 rings (SSSR count). The largest absolute Gasteiger partial charge is 0.394 e. The zero-order chi connectivity index (χ0) is 22.4. The Balaban J connectivity index is 1.50. The number of aliphatic hydroxyl groups excluding tert-OH is 1. The molecular weight excluding hydrogens is 382 g/mol. The molecule has 0 spiro atoms. The molecule has 4 aliphatic rings. The summed E-state index contributed by atoms with van der Waals surface area (Å²) in [6, 6.07) is -0.0492. The normalized spacial score (nSPS) is 46.0. The predicted octanol–water partition coefficient (Wildman–Crippen LogP) is 6.19. The molecule has 31 heavy (non-hydrogen) atoms. The Morgan fingerprint density at radius 2 is 1.74 bits per heavy atom. The van der Waals surface area contributed by atoms with Crippen molar-refractivity contribution >= 4 is 5.91 Å². The van der Waals surface area contributed by atoms with Crippen LogP contribution >= 0.6 is 0 Å². The topological polar surface area (TPSA) is 49.3 Å². The molecule has 3 nitrogen and oxygen atoms in total. The highest BCUT2D eigenvalue weighted by molar-refractivity contribution is 5.77. The number of rotatable bonds is 6. The van der Waals surface area contributed by atoms with E-state index < -0.39 is 0 Å². The van der Waals surface area contributed by atoms with Crippen LogP contribution in [0.5, 0.6) is 0 Å². The van der Waals surface area contributed by atoms with E-state index in [1.165, 1.54) is 57.8 Å². The van der Waals surface area contributed by atoms with Gasteiger partial charge in [0.2, 0.25) is 5.91 Å². The van der Waals surface area contributed by atoms with Crippen molar-refractivity contribution < 1.29 is 9.90 Å². The number of amides is 1. The molecule has 3 heteroatoms. The van der Waals surface area contributed by atoms with Crippen LogP contribution in [0.4, 0.5) is 0 Å². The SMILES string of the molecule is CC(C)CCC[C@@H](C)[C@H]1CC[C@H]2[C@@H]3CC[C@H]4CC(=O)N[C@@H](CO)C[C@]4(C)[C@H]3CC[C@]12C. The van der Waals surface area contributed by atoms with Crippen LogP contribution in [0.3, 0.4) is 0 Å². The number of carbonyl (C=O) groups excluding carboxylic acids is 1. The van der Waals surface area contributed by atoms with E-state index in [1.807, 2.05) is 0 Å². The Bertz CT molecular complexity index is 647. The molecule has 0 unspecified atom stereocenters. The molecule has 4 fully saturated rings. The first-order valence-corrected chi connectivity index (χ1v) is 13.6. The van der Waals surface area contributed by atoms with Gasteiger partial charge in [-0.1, -0.05) is 53.9 Å². The summed E-state index contributed by atoms with van der Waals surface area (Å²) in [5, 5.41) is 13.0. The van der Waals surface area contributed by atoms with E-state index in [0.717, 1.165) is 41.9 Å². The molecule has 3 aliphatic carbocycles. The van der Waals surface area contributed by atoms with Crippen LogP contribution < -0.4 is 5.32 Å². The minimum absolute atomic E-state index is 0.0492. The van der Waals surface area contributed by atoms with Crippen LogP contribution in [0.1, 0.15) is 105 Å². The van der Waals surface area contributed by atoms with Crippen LogP contribution in [0, 0.1) is 52.3 Å². The standard InChI is InChI=1S/C28H49NO2/c1-18(2)7-6-8-19(3)23-11-12-24-22-10-9-20-15-26(31)29-21(17-30)16-28(20,5)25(22)13-14-27(23,24)4/h18-25,30H,6-17H2,1-5H3,(H,29,31)/t19-,20+,21-,22+,23-,24+,25+,27-,28+/m1/s1. The van der Waals surface area contributed by atoms with Gasteiger partial charge >= 0.3 is 0 Å². The van der Waals surface area contributed by atoms with Crippen molar-refractivity contribution in [3.63, 3.8) is 0 Å². The number of fused-ring (bicyclic) bond motifs is 5. The molecule has 1 heterocycles. The quantitative estimate of drug-likeness (QED) is 0.526. The van der Waals surface area contributed by atoms with Gasteiger partial charge in [-0.3, -0.25) is 4.79 Å². The van der Waals surface area contributed by atoms with Crippen LogP contribution in [0.25, 0.3) is 0 Å². The number of hydrogen-bond acceptors (Lipinski definition) is 2. The number of nitrogens with one attached hydrogen (secondary N) is 1. The number of hydrogen-bond donors (Lipinski definition) is 2. The Morgan fingerprint density at radius 3 is 2.45 bits per heavy atom. The average Bonchev–Trinajstić information content (AvgIpc) is 2.99. The minimum atomic E-state index is -0.0492. The molecule has 178 valence electrons. The number of carbonyl (C=O) groups is 1. The Labute approximate surface area is 191 Å². The van der Waals surface area contributed by atoms with Gasteiger partial charge in [0.05, 0.1) is 12.6 Å². The monoisotopic (exact) mass is 431 g/mol. The van der Waals surface area contributed by atoms with E-state index in [-0.39, 0.29) is 24.0 Å². The second-order valence-corrected chi connectivity index (χ2v) is 13.0. The van der Waals surface area contributed by atoms with Gasteiger partial charge in [0, 0.05) is 6.42 Å². The second kappa shape index (κ2) is 8.99. The third kappa shape index (κ3) is 4.22. The molecule has 0 aromatic carbocycles. The van der Waals surface area contributed by atoms with Gasteiger partial charge in [-0.05, 0) is 97.2 Å². The zero-order valence-corrected chi connectivity index (χ0v) is 21.0. The maximum Gasteiger partial charge on any atom is 0.220 e. The van der Waals surface area contributed by atoms with E-state index in [4.69, 9.17) is 0 Å². The molecule has 2 N–H and O–H groups in total. The van der Waals surface area contributed by atoms with Crippen molar-refractivity contribution in [3.05, 3.63) is 0 Å². The highest BCUT2D eigenvalue weighted by Gasteiger charge is 2.60. The maximum atomic E-state index is 12.5. The van der Waals surface area contributed by atoms with E-state index in [0.29, 0.717) is 17.8 Å². The summed E-state index contributed by atoms with van der Waals surface area (Å²) in [5.74, 6) is 5.70. The fourth-order valence-corrected chi connectivity index (χ4v) is 9.42. The van der Waals surface area contributed by atoms with Gasteiger partial charge in [0.15, 0.2) is 0 Å². The molecule has 1 aliphatic heterocycles. The maximum absolute atomic E-state index is 12.5. The van der Waals surface area contributed by atoms with E-state index >= 15 is 0 Å². The summed E-state index contributed by atoms with van der Waals surface area (Å²) in [6.45, 7) is 12.5. The molecule has 1 amide bonds. The van der Waals surface area contributed by atoms with Crippen molar-refractivity contribution in [1.82, 2.24) is 5.32 Å². The molecule has 0 bridgehead atoms. The first-order chi connectivity index (χ1) is 14.7. The lowest BCUT2D eigenvalue weighted by atomic mass is 9.45. The third-order valence-corrected chi connectivity index (χ3v) is 11.0. The van der Waals surface area contributed by atoms with Crippen LogP contribution in [0.15, 0.2) is 0 Å². The van der Waals surface area contributed by atoms with Gasteiger partial charge in [-0.2, -0.15) is 0 Å². The first kappa shape index (κ1) is 23.6. The van der Waals surface area contributed by atoms with Gasteiger partial charge in [-0.25, -0.2) is 0 Å². The summed E-state index contributed by atoms with van der Waals surface area (Å²) < 4.78 is 0. The summed E-state index contributed by atoms with van der Waals surface area (Å²) in [6.07, 6.45) is 14.0. The minimum Gasteiger partial charge on any atom is -0.394 e. The predicted molar refractivity (Wildman–Crippen MR) is 127 cm³/mol. The van der Waals surface area contributed by atoms with Crippen LogP contribution in [-0.4, -0.2) is 23.7 Å². The summed E-state index contributed by atoms with van der Waals surface area (Å²) in [7, 11) is 0. The summed E-state index contributed by atoms with van der Waals surface area (Å²) in [5.41, 5.74) is 0.731. The molecule has 0 aromatic heterocycles. The molecule has 0 radical (unpaired) electrons. The zero-order valence-electron chi connectivity index (χ0n) is 21.0. The lowest BCUT2D eigenvalue weighted by Gasteiger charge is -2.59. The number of aliphatic hydroxyl groups is 1. The van der Waals surface area contributed by atoms with Gasteiger partial charge in [0.25, 0.3) is 0 Å². The fourth-order valence-electron chi connectivity index (χ4n) is 9.42. The van der Waals surface area contributed by atoms with E-state index in [1.54, 1.807) is 0 Å². The van der Waals surface area contributed by atoms with Crippen LogP contribution in [0.2, 0.25) is 0 Å². The smallest absolute Gasteiger partial charge is 0.220 e. The van der Waals surface area contributed by atoms with Crippen molar-refractivity contribution in [2.45, 2.75) is 111 Å². The van der Waals surface area contributed by atoms with Crippen molar-refractivity contribution in [1.29, 1.82) is 0 Å². The van der Waals surface area contributed by atoms with E-state index in [9.17, 15) is 9.90 Å². The lowest BCUT2D eigenvalue weighted by molar-refractivity contribution is -0.126. The van der Waals surface area contributed by atoms with Crippen molar-refractivity contribution in [2.24, 2.45) is 52.3 Å². The van der Waals surface area contributed by atoms with Gasteiger partial charge in [0.1, 0.15) is 0 Å². The molecular formula is C28H49NO2. The van der Waals surface area contributed by atoms with E-state index in [2.05, 4.69) is 39.9 Å². The third-order valence-electron chi connectivity index (χ3n) is 11.0. The lowest BCUT2D eigenvalue weighted by Crippen LogP contribution is -2.53. The second-order valence-electron chi connectivity index (χ2n) is 13.0. The fraction of sp³-hybridized carbons (Fsp3) is 0.964. The summed E-state index contributed by atoms with van der Waals surface area (Å²) in [4.78, 5) is 12.5. The molecule has 3 saturated carbocycles. The van der Waals surface area contributed by atoms with Crippen molar-refractivity contribution in [2.75, 3.05) is 6.61 Å². The average molecular weight is 432 g/mol. The Morgan fingerprint density at radius 1 is 1.00 bits per heavy atom. The van der Waals surface area contributed by atoms with Crippen LogP contribution in [-0.2, 0) is 4.79 Å². The summed E-state index contributed by atoms with van der Waals surface area (Å²) >= 11 is 0. The molecule has 1 saturated heterocycles. The highest BCUT2D eigenvalue weighted by Crippen LogP contribution is 2.67. The van der Waals surface area contributed by atoms with Gasteiger partial charge in [-0.15, -0.1) is 0 Å². The van der Waals surface area contributed by atoms with Crippen molar-refractivity contribution in [3.8, 4) is 0 Å². The van der Waals surface area contributed by atoms with Gasteiger partial charge < -0.3 is 10.4 Å². The molecule has 9 atom stereocenters. The Kier molecular flexibility index (Phi) is 6.84.